The topological polar surface area (TPSA) is 78.8 Å². The van der Waals surface area contributed by atoms with Gasteiger partial charge in [-0.3, -0.25) is 4.57 Å². The number of unbranched alkanes of at least 4 members (excludes halogenated alkanes) is 9. The van der Waals surface area contributed by atoms with Crippen molar-refractivity contribution < 1.29 is 28.4 Å². The molecule has 0 bridgehead atoms. The predicted octanol–water partition coefficient (Wildman–Crippen LogP) is 3.78. The van der Waals surface area contributed by atoms with Crippen molar-refractivity contribution in [1.29, 1.82) is 0 Å². The molecule has 0 fully saturated rings. The normalized spacial score (nSPS) is 16.1. The van der Waals surface area contributed by atoms with Gasteiger partial charge in [-0.05, 0) is 19.8 Å². The van der Waals surface area contributed by atoms with Gasteiger partial charge in [0.15, 0.2) is 0 Å². The first kappa shape index (κ1) is 24.0. The lowest BCUT2D eigenvalue weighted by molar-refractivity contribution is -1.05. The number of aliphatic hydroxyl groups excluding tert-OH is 1. The van der Waals surface area contributed by atoms with Crippen LogP contribution in [0.2, 0.25) is 0 Å². The highest BCUT2D eigenvalue weighted by Gasteiger charge is 2.25. The van der Waals surface area contributed by atoms with Gasteiger partial charge in [-0.25, -0.2) is 0 Å². The zero-order valence-corrected chi connectivity index (χ0v) is 16.9. The van der Waals surface area contributed by atoms with Gasteiger partial charge in [-0.15, -0.1) is 4.62 Å². The Balaban J connectivity index is 3.71. The van der Waals surface area contributed by atoms with Crippen molar-refractivity contribution in [2.45, 2.75) is 84.2 Å². The van der Waals surface area contributed by atoms with E-state index in [1.54, 1.807) is 14.1 Å². The Bertz CT molecular complexity index is 350. The average molecular weight is 367 g/mol. The van der Waals surface area contributed by atoms with Crippen molar-refractivity contribution in [3.05, 3.63) is 0 Å². The Labute approximate surface area is 148 Å². The summed E-state index contributed by atoms with van der Waals surface area (Å²) in [7, 11) is -0.989. The fourth-order valence-electron chi connectivity index (χ4n) is 2.51. The van der Waals surface area contributed by atoms with Crippen LogP contribution in [0.1, 0.15) is 78.1 Å². The van der Waals surface area contributed by atoms with Crippen LogP contribution < -0.4 is 4.89 Å². The molecular formula is C17H38NO5P. The second-order valence-electron chi connectivity index (χ2n) is 7.15. The van der Waals surface area contributed by atoms with Gasteiger partial charge in [0.25, 0.3) is 0 Å². The molecule has 0 aliphatic heterocycles. The summed E-state index contributed by atoms with van der Waals surface area (Å²) in [6.07, 6.45) is 11.5. The van der Waals surface area contributed by atoms with Crippen LogP contribution in [0.3, 0.4) is 0 Å². The number of nitrogens with zero attached hydrogens (tertiary/aromatic N) is 1. The minimum Gasteiger partial charge on any atom is -0.752 e. The van der Waals surface area contributed by atoms with E-state index in [2.05, 4.69) is 11.4 Å². The molecular weight excluding hydrogens is 329 g/mol. The molecule has 0 aliphatic rings. The zero-order chi connectivity index (χ0) is 18.5. The maximum atomic E-state index is 11.7. The smallest absolute Gasteiger partial charge is 0.325 e. The maximum absolute atomic E-state index is 11.7. The summed E-state index contributed by atoms with van der Waals surface area (Å²) in [5.41, 5.74) is 0. The van der Waals surface area contributed by atoms with Crippen LogP contribution in [-0.4, -0.2) is 43.1 Å². The van der Waals surface area contributed by atoms with Gasteiger partial charge in [-0.2, -0.15) is 4.65 Å². The van der Waals surface area contributed by atoms with Gasteiger partial charge >= 0.3 is 7.82 Å². The first-order chi connectivity index (χ1) is 11.2. The summed E-state index contributed by atoms with van der Waals surface area (Å²) >= 11 is 0. The molecule has 0 radical (unpaired) electrons. The van der Waals surface area contributed by atoms with Crippen LogP contribution in [0.5, 0.6) is 0 Å². The van der Waals surface area contributed by atoms with Crippen molar-refractivity contribution in [3.8, 4) is 0 Å². The Kier molecular flexibility index (Phi) is 13.3. The van der Waals surface area contributed by atoms with Crippen LogP contribution in [0.25, 0.3) is 0 Å². The van der Waals surface area contributed by atoms with Crippen LogP contribution >= 0.6 is 7.82 Å². The Morgan fingerprint density at radius 3 is 1.92 bits per heavy atom. The first-order valence-electron chi connectivity index (χ1n) is 9.36. The highest BCUT2D eigenvalue weighted by atomic mass is 31.2. The van der Waals surface area contributed by atoms with Gasteiger partial charge in [0.1, 0.15) is 6.54 Å². The highest BCUT2D eigenvalue weighted by Crippen LogP contribution is 2.41. The van der Waals surface area contributed by atoms with E-state index in [1.807, 2.05) is 0 Å². The molecule has 146 valence electrons. The summed E-state index contributed by atoms with van der Waals surface area (Å²) in [4.78, 5) is 11.7. The number of rotatable bonds is 16. The Morgan fingerprint density at radius 1 is 1.00 bits per heavy atom. The molecule has 6 nitrogen and oxygen atoms in total. The molecule has 0 saturated heterocycles. The molecule has 0 aromatic carbocycles. The van der Waals surface area contributed by atoms with Crippen LogP contribution in [0, 0.1) is 0 Å². The summed E-state index contributed by atoms with van der Waals surface area (Å²) in [6.45, 7) is 4.03. The molecule has 0 aliphatic carbocycles. The van der Waals surface area contributed by atoms with Crippen molar-refractivity contribution >= 4 is 7.82 Å². The fraction of sp³-hybridized carbons (Fsp3) is 1.00. The van der Waals surface area contributed by atoms with Crippen LogP contribution in [0.15, 0.2) is 0 Å². The van der Waals surface area contributed by atoms with E-state index < -0.39 is 13.9 Å². The third-order valence-corrected chi connectivity index (χ3v) is 4.95. The fourth-order valence-corrected chi connectivity index (χ4v) is 3.58. The van der Waals surface area contributed by atoms with E-state index in [4.69, 9.17) is 9.73 Å². The van der Waals surface area contributed by atoms with Crippen molar-refractivity contribution in [2.24, 2.45) is 0 Å². The van der Waals surface area contributed by atoms with Gasteiger partial charge < -0.3 is 14.5 Å². The monoisotopic (exact) mass is 367 g/mol. The van der Waals surface area contributed by atoms with Crippen LogP contribution in [-0.2, 0) is 13.7 Å². The number of hydrogen-bond acceptors (Lipinski definition) is 5. The number of phosphoric acid groups is 1. The molecule has 0 saturated carbocycles. The number of aliphatic hydroxyl groups is 1. The van der Waals surface area contributed by atoms with E-state index in [1.165, 1.54) is 58.3 Å². The minimum atomic E-state index is -4.39. The van der Waals surface area contributed by atoms with E-state index in [0.29, 0.717) is 6.54 Å². The largest absolute Gasteiger partial charge is 0.752 e. The SMILES string of the molecule is CCCCCCCCCCCC[N+](C)(C)OP(=O)([O-])OCC(C)O. The van der Waals surface area contributed by atoms with Crippen molar-refractivity contribution in [2.75, 3.05) is 27.2 Å². The lowest BCUT2D eigenvalue weighted by Crippen LogP contribution is -2.41. The van der Waals surface area contributed by atoms with Gasteiger partial charge in [0.05, 0.1) is 26.8 Å². The minimum absolute atomic E-state index is 0.0857. The average Bonchev–Trinajstić information content (AvgIpc) is 2.46. The van der Waals surface area contributed by atoms with Crippen LogP contribution in [0.4, 0.5) is 0 Å². The third-order valence-electron chi connectivity index (χ3n) is 3.85. The lowest BCUT2D eigenvalue weighted by atomic mass is 10.1. The molecule has 0 rings (SSSR count). The molecule has 1 N–H and O–H groups in total. The van der Waals surface area contributed by atoms with Gasteiger partial charge in [0, 0.05) is 0 Å². The van der Waals surface area contributed by atoms with E-state index in [-0.39, 0.29) is 11.3 Å². The molecule has 2 unspecified atom stereocenters. The van der Waals surface area contributed by atoms with Crippen molar-refractivity contribution in [1.82, 2.24) is 0 Å². The molecule has 0 aromatic heterocycles. The summed E-state index contributed by atoms with van der Waals surface area (Å²) in [5, 5.41) is 9.07. The molecule has 24 heavy (non-hydrogen) atoms. The number of hydrogen-bond donors (Lipinski definition) is 1. The molecule has 0 spiro atoms. The number of phosphoric ester groups is 1. The molecule has 7 heteroatoms. The molecule has 2 atom stereocenters. The lowest BCUT2D eigenvalue weighted by Gasteiger charge is -2.33. The first-order valence-corrected chi connectivity index (χ1v) is 10.8. The Hall–Kier alpha value is 0.0300. The van der Waals surface area contributed by atoms with Gasteiger partial charge in [0.2, 0.25) is 0 Å². The predicted molar refractivity (Wildman–Crippen MR) is 95.1 cm³/mol. The van der Waals surface area contributed by atoms with E-state index >= 15 is 0 Å². The zero-order valence-electron chi connectivity index (χ0n) is 16.0. The Morgan fingerprint density at radius 2 is 1.46 bits per heavy atom. The second-order valence-corrected chi connectivity index (χ2v) is 8.47. The van der Waals surface area contributed by atoms with Crippen molar-refractivity contribution in [3.63, 3.8) is 0 Å². The number of hydroxylamine groups is 3. The summed E-state index contributed by atoms with van der Waals surface area (Å²) in [6, 6.07) is 0. The number of quaternary nitrogens is 1. The molecule has 0 aromatic rings. The molecule has 0 heterocycles. The molecule has 0 amide bonds. The quantitative estimate of drug-likeness (QED) is 0.194. The maximum Gasteiger partial charge on any atom is 0.325 e. The summed E-state index contributed by atoms with van der Waals surface area (Å²) in [5.74, 6) is 0. The van der Waals surface area contributed by atoms with E-state index in [0.717, 1.165) is 12.8 Å². The highest BCUT2D eigenvalue weighted by molar-refractivity contribution is 7.45. The summed E-state index contributed by atoms with van der Waals surface area (Å²) < 4.78 is 21.3. The standard InChI is InChI=1S/C17H38NO5P/c1-5-6-7-8-9-10-11-12-13-14-15-18(3,4)23-24(20,21)22-16-17(2)19/h17,19H,5-16H2,1-4H3. The van der Waals surface area contributed by atoms with Gasteiger partial charge in [-0.1, -0.05) is 58.3 Å². The second kappa shape index (κ2) is 13.3. The third kappa shape index (κ3) is 15.6. The van der Waals surface area contributed by atoms with E-state index in [9.17, 15) is 9.46 Å².